The number of rotatable bonds is 4. The molecule has 1 heterocycles. The van der Waals surface area contributed by atoms with E-state index in [0.717, 1.165) is 12.2 Å². The Morgan fingerprint density at radius 2 is 2.24 bits per heavy atom. The summed E-state index contributed by atoms with van der Waals surface area (Å²) in [5.41, 5.74) is 2.46. The van der Waals surface area contributed by atoms with E-state index in [2.05, 4.69) is 22.1 Å². The molecular weight excluding hydrogens is 268 g/mol. The number of hydrogen-bond donors (Lipinski definition) is 0. The Balaban J connectivity index is 1.74. The monoisotopic (exact) mass is 282 g/mol. The van der Waals surface area contributed by atoms with E-state index in [1.54, 1.807) is 12.3 Å². The summed E-state index contributed by atoms with van der Waals surface area (Å²) in [6, 6.07) is 7.61. The fourth-order valence-corrected chi connectivity index (χ4v) is 2.08. The number of hydrogen-bond acceptors (Lipinski definition) is 5. The lowest BCUT2D eigenvalue weighted by atomic mass is 10.1. The van der Waals surface area contributed by atoms with E-state index in [4.69, 9.17) is 9.47 Å². The summed E-state index contributed by atoms with van der Waals surface area (Å²) in [4.78, 5) is 19.0. The molecule has 5 nitrogen and oxygen atoms in total. The molecule has 0 saturated heterocycles. The maximum Gasteiger partial charge on any atom is 0.303 e. The van der Waals surface area contributed by atoms with Gasteiger partial charge in [-0.2, -0.15) is 4.98 Å². The first-order chi connectivity index (χ1) is 10.2. The highest BCUT2D eigenvalue weighted by Crippen LogP contribution is 2.26. The quantitative estimate of drug-likeness (QED) is 0.807. The van der Waals surface area contributed by atoms with Crippen molar-refractivity contribution >= 4 is 12.0 Å². The third-order valence-electron chi connectivity index (χ3n) is 3.06. The van der Waals surface area contributed by atoms with Crippen LogP contribution in [0.5, 0.6) is 11.6 Å². The SMILES string of the molecule is CC(=O)OCc1nccc(Oc2ccc3c(c2)C=CC3)n1. The lowest BCUT2D eigenvalue weighted by Crippen LogP contribution is -2.03. The summed E-state index contributed by atoms with van der Waals surface area (Å²) >= 11 is 0. The molecule has 21 heavy (non-hydrogen) atoms. The summed E-state index contributed by atoms with van der Waals surface area (Å²) in [5.74, 6) is 1.19. The molecule has 1 aliphatic carbocycles. The van der Waals surface area contributed by atoms with Gasteiger partial charge in [0.05, 0.1) is 0 Å². The van der Waals surface area contributed by atoms with E-state index in [1.165, 1.54) is 18.1 Å². The van der Waals surface area contributed by atoms with Crippen molar-refractivity contribution in [1.82, 2.24) is 9.97 Å². The highest BCUT2D eigenvalue weighted by Gasteiger charge is 2.08. The van der Waals surface area contributed by atoms with Gasteiger partial charge in [0.1, 0.15) is 5.75 Å². The van der Waals surface area contributed by atoms with Crippen molar-refractivity contribution < 1.29 is 14.3 Å². The van der Waals surface area contributed by atoms with Crippen molar-refractivity contribution in [2.75, 3.05) is 0 Å². The average molecular weight is 282 g/mol. The largest absolute Gasteiger partial charge is 0.458 e. The maximum atomic E-state index is 10.8. The molecule has 3 rings (SSSR count). The molecule has 0 unspecified atom stereocenters. The first-order valence-corrected chi connectivity index (χ1v) is 6.63. The molecule has 0 aliphatic heterocycles. The van der Waals surface area contributed by atoms with Gasteiger partial charge in [0.2, 0.25) is 5.88 Å². The van der Waals surface area contributed by atoms with E-state index < -0.39 is 0 Å². The molecule has 0 spiro atoms. The zero-order chi connectivity index (χ0) is 14.7. The highest BCUT2D eigenvalue weighted by atomic mass is 16.5. The molecule has 0 fully saturated rings. The number of carbonyl (C=O) groups excluding carboxylic acids is 1. The van der Waals surface area contributed by atoms with Crippen LogP contribution >= 0.6 is 0 Å². The number of esters is 1. The van der Waals surface area contributed by atoms with Crippen LogP contribution in [0.2, 0.25) is 0 Å². The topological polar surface area (TPSA) is 61.3 Å². The number of fused-ring (bicyclic) bond motifs is 1. The van der Waals surface area contributed by atoms with Gasteiger partial charge in [-0.3, -0.25) is 4.79 Å². The van der Waals surface area contributed by atoms with Crippen molar-refractivity contribution in [3.63, 3.8) is 0 Å². The van der Waals surface area contributed by atoms with Crippen LogP contribution in [-0.4, -0.2) is 15.9 Å². The van der Waals surface area contributed by atoms with Crippen LogP contribution in [0.1, 0.15) is 23.9 Å². The summed E-state index contributed by atoms with van der Waals surface area (Å²) < 4.78 is 10.6. The van der Waals surface area contributed by atoms with E-state index >= 15 is 0 Å². The Kier molecular flexibility index (Phi) is 3.64. The Labute approximate surface area is 122 Å². The Morgan fingerprint density at radius 1 is 1.33 bits per heavy atom. The highest BCUT2D eigenvalue weighted by molar-refractivity contribution is 5.65. The number of allylic oxidation sites excluding steroid dienone is 1. The van der Waals surface area contributed by atoms with Crippen molar-refractivity contribution in [2.24, 2.45) is 0 Å². The van der Waals surface area contributed by atoms with Crippen LogP contribution < -0.4 is 4.74 Å². The van der Waals surface area contributed by atoms with Crippen molar-refractivity contribution in [3.05, 3.63) is 53.5 Å². The van der Waals surface area contributed by atoms with Gasteiger partial charge in [-0.25, -0.2) is 4.98 Å². The molecule has 1 aliphatic rings. The number of carbonyl (C=O) groups is 1. The lowest BCUT2D eigenvalue weighted by Gasteiger charge is -2.07. The van der Waals surface area contributed by atoms with Gasteiger partial charge in [-0.15, -0.1) is 0 Å². The average Bonchev–Trinajstić information content (AvgIpc) is 2.93. The van der Waals surface area contributed by atoms with Gasteiger partial charge in [0, 0.05) is 19.2 Å². The fraction of sp³-hybridized carbons (Fsp3) is 0.188. The molecule has 0 bridgehead atoms. The molecule has 1 aromatic carbocycles. The minimum atomic E-state index is -0.365. The van der Waals surface area contributed by atoms with Gasteiger partial charge >= 0.3 is 5.97 Å². The molecule has 0 saturated carbocycles. The lowest BCUT2D eigenvalue weighted by molar-refractivity contribution is -0.142. The second-order valence-electron chi connectivity index (χ2n) is 4.66. The first-order valence-electron chi connectivity index (χ1n) is 6.63. The Hall–Kier alpha value is -2.69. The van der Waals surface area contributed by atoms with Crippen LogP contribution in [0.4, 0.5) is 0 Å². The van der Waals surface area contributed by atoms with Gasteiger partial charge < -0.3 is 9.47 Å². The molecule has 5 heteroatoms. The molecule has 2 aromatic rings. The summed E-state index contributed by atoms with van der Waals surface area (Å²) in [6.45, 7) is 1.39. The third kappa shape index (κ3) is 3.25. The normalized spacial score (nSPS) is 12.0. The van der Waals surface area contributed by atoms with Crippen LogP contribution in [-0.2, 0) is 22.6 Å². The van der Waals surface area contributed by atoms with Crippen LogP contribution in [0.3, 0.4) is 0 Å². The second-order valence-corrected chi connectivity index (χ2v) is 4.66. The van der Waals surface area contributed by atoms with Crippen molar-refractivity contribution in [1.29, 1.82) is 0 Å². The standard InChI is InChI=1S/C16H14N2O3/c1-11(19)20-10-15-17-8-7-16(18-15)21-14-6-5-12-3-2-4-13(12)9-14/h2,4-9H,3,10H2,1H3. The number of ether oxygens (including phenoxy) is 2. The van der Waals surface area contributed by atoms with E-state index in [0.29, 0.717) is 11.7 Å². The van der Waals surface area contributed by atoms with E-state index in [-0.39, 0.29) is 12.6 Å². The zero-order valence-electron chi connectivity index (χ0n) is 11.6. The smallest absolute Gasteiger partial charge is 0.303 e. The van der Waals surface area contributed by atoms with Gasteiger partial charge in [-0.1, -0.05) is 18.2 Å². The van der Waals surface area contributed by atoms with Crippen molar-refractivity contribution in [3.8, 4) is 11.6 Å². The van der Waals surface area contributed by atoms with Gasteiger partial charge in [0.25, 0.3) is 0 Å². The fourth-order valence-electron chi connectivity index (χ4n) is 2.08. The minimum absolute atomic E-state index is 0.0411. The Morgan fingerprint density at radius 3 is 3.10 bits per heavy atom. The first kappa shape index (κ1) is 13.3. The number of benzene rings is 1. The maximum absolute atomic E-state index is 10.8. The second kappa shape index (κ2) is 5.75. The van der Waals surface area contributed by atoms with E-state index in [1.807, 2.05) is 18.2 Å². The van der Waals surface area contributed by atoms with Crippen LogP contribution in [0.15, 0.2) is 36.5 Å². The minimum Gasteiger partial charge on any atom is -0.458 e. The molecule has 0 atom stereocenters. The molecule has 1 aromatic heterocycles. The summed E-state index contributed by atoms with van der Waals surface area (Å²) in [5, 5.41) is 0. The van der Waals surface area contributed by atoms with Gasteiger partial charge in [-0.05, 0) is 29.7 Å². The zero-order valence-corrected chi connectivity index (χ0v) is 11.6. The Bertz CT molecular complexity index is 710. The van der Waals surface area contributed by atoms with E-state index in [9.17, 15) is 4.79 Å². The summed E-state index contributed by atoms with van der Waals surface area (Å²) in [6.07, 6.45) is 6.74. The molecule has 0 N–H and O–H groups in total. The van der Waals surface area contributed by atoms with Crippen LogP contribution in [0, 0.1) is 0 Å². The predicted octanol–water partition coefficient (Wildman–Crippen LogP) is 2.90. The number of nitrogens with zero attached hydrogens (tertiary/aromatic N) is 2. The van der Waals surface area contributed by atoms with Crippen LogP contribution in [0.25, 0.3) is 6.08 Å². The molecule has 0 amide bonds. The van der Waals surface area contributed by atoms with Crippen molar-refractivity contribution in [2.45, 2.75) is 20.0 Å². The summed E-state index contributed by atoms with van der Waals surface area (Å²) in [7, 11) is 0. The third-order valence-corrected chi connectivity index (χ3v) is 3.06. The van der Waals surface area contributed by atoms with Gasteiger partial charge in [0.15, 0.2) is 12.4 Å². The molecule has 106 valence electrons. The number of aromatic nitrogens is 2. The molecule has 0 radical (unpaired) electrons. The predicted molar refractivity (Wildman–Crippen MR) is 76.8 cm³/mol. The molecular formula is C16H14N2O3.